The molecule has 1 saturated carbocycles. The lowest BCUT2D eigenvalue weighted by atomic mass is 9.83. The van der Waals surface area contributed by atoms with E-state index in [0.717, 1.165) is 19.4 Å². The van der Waals surface area contributed by atoms with Gasteiger partial charge in [-0.15, -0.1) is 0 Å². The van der Waals surface area contributed by atoms with Gasteiger partial charge in [0.2, 0.25) is 0 Å². The Balaban J connectivity index is 2.00. The van der Waals surface area contributed by atoms with Crippen LogP contribution in [0.4, 0.5) is 0 Å². The van der Waals surface area contributed by atoms with Gasteiger partial charge in [-0.1, -0.05) is 0 Å². The van der Waals surface area contributed by atoms with Crippen molar-refractivity contribution in [3.8, 4) is 0 Å². The van der Waals surface area contributed by atoms with Crippen LogP contribution in [0.3, 0.4) is 0 Å². The number of ether oxygens (including phenoxy) is 2. The van der Waals surface area contributed by atoms with Gasteiger partial charge in [-0.05, 0) is 14.1 Å². The second-order valence-electron chi connectivity index (χ2n) is 4.74. The molecule has 0 N–H and O–H groups in total. The molecule has 0 aromatic carbocycles. The SMILES string of the molecule is CN(C)CC1CC2(CCC1=O)OCCO2. The smallest absolute Gasteiger partial charge is 0.169 e. The molecule has 0 amide bonds. The van der Waals surface area contributed by atoms with Crippen LogP contribution in [-0.2, 0) is 14.3 Å². The van der Waals surface area contributed by atoms with Gasteiger partial charge in [0.15, 0.2) is 5.79 Å². The van der Waals surface area contributed by atoms with E-state index in [0.29, 0.717) is 25.4 Å². The number of rotatable bonds is 2. The molecule has 4 nitrogen and oxygen atoms in total. The molecule has 1 spiro atoms. The Labute approximate surface area is 90.5 Å². The number of ketones is 1. The molecule has 86 valence electrons. The summed E-state index contributed by atoms with van der Waals surface area (Å²) < 4.78 is 11.3. The maximum atomic E-state index is 11.7. The zero-order valence-corrected chi connectivity index (χ0v) is 9.49. The van der Waals surface area contributed by atoms with Gasteiger partial charge in [0, 0.05) is 31.7 Å². The molecule has 1 aliphatic carbocycles. The third kappa shape index (κ3) is 2.38. The lowest BCUT2D eigenvalue weighted by Gasteiger charge is -2.36. The molecule has 2 rings (SSSR count). The van der Waals surface area contributed by atoms with Crippen LogP contribution in [0.5, 0.6) is 0 Å². The Hall–Kier alpha value is -0.450. The molecule has 1 atom stereocenters. The van der Waals surface area contributed by atoms with Gasteiger partial charge in [-0.25, -0.2) is 0 Å². The first-order valence-corrected chi connectivity index (χ1v) is 5.57. The van der Waals surface area contributed by atoms with Gasteiger partial charge in [-0.3, -0.25) is 4.79 Å². The van der Waals surface area contributed by atoms with E-state index >= 15 is 0 Å². The molecule has 0 aromatic rings. The zero-order valence-electron chi connectivity index (χ0n) is 9.49. The quantitative estimate of drug-likeness (QED) is 0.675. The Morgan fingerprint density at radius 1 is 1.40 bits per heavy atom. The predicted octanol–water partition coefficient (Wildman–Crippen LogP) is 0.660. The van der Waals surface area contributed by atoms with Crippen LogP contribution < -0.4 is 0 Å². The molecular formula is C11H19NO3. The molecule has 2 aliphatic rings. The van der Waals surface area contributed by atoms with Gasteiger partial charge >= 0.3 is 0 Å². The largest absolute Gasteiger partial charge is 0.347 e. The van der Waals surface area contributed by atoms with Crippen LogP contribution in [0.2, 0.25) is 0 Å². The minimum absolute atomic E-state index is 0.0758. The molecular weight excluding hydrogens is 194 g/mol. The number of hydrogen-bond acceptors (Lipinski definition) is 4. The topological polar surface area (TPSA) is 38.8 Å². The normalized spacial score (nSPS) is 30.3. The van der Waals surface area contributed by atoms with Crippen LogP contribution in [-0.4, -0.2) is 50.3 Å². The Morgan fingerprint density at radius 2 is 2.07 bits per heavy atom. The van der Waals surface area contributed by atoms with E-state index in [4.69, 9.17) is 9.47 Å². The first kappa shape index (κ1) is 11.0. The highest BCUT2D eigenvalue weighted by Crippen LogP contribution is 2.37. The van der Waals surface area contributed by atoms with Gasteiger partial charge in [-0.2, -0.15) is 0 Å². The van der Waals surface area contributed by atoms with Crippen molar-refractivity contribution >= 4 is 5.78 Å². The van der Waals surface area contributed by atoms with E-state index in [1.165, 1.54) is 0 Å². The molecule has 1 unspecified atom stereocenters. The van der Waals surface area contributed by atoms with Crippen molar-refractivity contribution in [3.05, 3.63) is 0 Å². The maximum Gasteiger partial charge on any atom is 0.169 e. The summed E-state index contributed by atoms with van der Waals surface area (Å²) in [4.78, 5) is 13.8. The lowest BCUT2D eigenvalue weighted by molar-refractivity contribution is -0.189. The van der Waals surface area contributed by atoms with E-state index in [-0.39, 0.29) is 5.92 Å². The van der Waals surface area contributed by atoms with Crippen molar-refractivity contribution < 1.29 is 14.3 Å². The first-order valence-electron chi connectivity index (χ1n) is 5.57. The van der Waals surface area contributed by atoms with Crippen molar-refractivity contribution in [2.24, 2.45) is 5.92 Å². The molecule has 0 bridgehead atoms. The van der Waals surface area contributed by atoms with Crippen LogP contribution >= 0.6 is 0 Å². The maximum absolute atomic E-state index is 11.7. The highest BCUT2D eigenvalue weighted by molar-refractivity contribution is 5.82. The summed E-state index contributed by atoms with van der Waals surface area (Å²) in [7, 11) is 3.98. The monoisotopic (exact) mass is 213 g/mol. The second-order valence-corrected chi connectivity index (χ2v) is 4.74. The second kappa shape index (κ2) is 4.20. The fraction of sp³-hybridized carbons (Fsp3) is 0.909. The fourth-order valence-electron chi connectivity index (χ4n) is 2.48. The first-order chi connectivity index (χ1) is 7.11. The molecule has 0 radical (unpaired) electrons. The third-order valence-corrected chi connectivity index (χ3v) is 3.16. The summed E-state index contributed by atoms with van der Waals surface area (Å²) in [6.45, 7) is 2.14. The number of nitrogens with zero attached hydrogens (tertiary/aromatic N) is 1. The van der Waals surface area contributed by atoms with E-state index in [1.807, 2.05) is 14.1 Å². The summed E-state index contributed by atoms with van der Waals surface area (Å²) in [5, 5.41) is 0. The molecule has 4 heteroatoms. The van der Waals surface area contributed by atoms with Gasteiger partial charge in [0.1, 0.15) is 5.78 Å². The van der Waals surface area contributed by atoms with Crippen molar-refractivity contribution in [1.82, 2.24) is 4.90 Å². The third-order valence-electron chi connectivity index (χ3n) is 3.16. The standard InChI is InChI=1S/C11H19NO3/c1-12(2)8-9-7-11(4-3-10(9)13)14-5-6-15-11/h9H,3-8H2,1-2H3. The number of hydrogen-bond donors (Lipinski definition) is 0. The van der Waals surface area contributed by atoms with Crippen molar-refractivity contribution in [1.29, 1.82) is 0 Å². The highest BCUT2D eigenvalue weighted by atomic mass is 16.7. The minimum atomic E-state index is -0.436. The van der Waals surface area contributed by atoms with Crippen molar-refractivity contribution in [2.75, 3.05) is 33.9 Å². The Kier molecular flexibility index (Phi) is 3.09. The summed E-state index contributed by atoms with van der Waals surface area (Å²) in [5.41, 5.74) is 0. The van der Waals surface area contributed by atoms with Crippen LogP contribution in [0.25, 0.3) is 0 Å². The summed E-state index contributed by atoms with van der Waals surface area (Å²) in [5.74, 6) is -0.00512. The molecule has 0 aromatic heterocycles. The molecule has 1 heterocycles. The molecule has 15 heavy (non-hydrogen) atoms. The number of carbonyl (C=O) groups excluding carboxylic acids is 1. The minimum Gasteiger partial charge on any atom is -0.347 e. The van der Waals surface area contributed by atoms with Crippen molar-refractivity contribution in [2.45, 2.75) is 25.0 Å². The summed E-state index contributed by atoms with van der Waals surface area (Å²) in [6, 6.07) is 0. The van der Waals surface area contributed by atoms with Crippen LogP contribution in [0.1, 0.15) is 19.3 Å². The number of carbonyl (C=O) groups is 1. The average Bonchev–Trinajstić information content (AvgIpc) is 2.60. The van der Waals surface area contributed by atoms with E-state index in [1.54, 1.807) is 0 Å². The van der Waals surface area contributed by atoms with E-state index in [2.05, 4.69) is 4.90 Å². The summed E-state index contributed by atoms with van der Waals surface area (Å²) >= 11 is 0. The Morgan fingerprint density at radius 3 is 2.67 bits per heavy atom. The van der Waals surface area contributed by atoms with Gasteiger partial charge in [0.05, 0.1) is 13.2 Å². The predicted molar refractivity (Wildman–Crippen MR) is 55.5 cm³/mol. The highest BCUT2D eigenvalue weighted by Gasteiger charge is 2.44. The van der Waals surface area contributed by atoms with Gasteiger partial charge in [0.25, 0.3) is 0 Å². The Bertz CT molecular complexity index is 246. The van der Waals surface area contributed by atoms with E-state index < -0.39 is 5.79 Å². The van der Waals surface area contributed by atoms with Crippen LogP contribution in [0.15, 0.2) is 0 Å². The fourth-order valence-corrected chi connectivity index (χ4v) is 2.48. The zero-order chi connectivity index (χ0) is 10.9. The molecule has 2 fully saturated rings. The number of Topliss-reactive ketones (excluding diaryl/α,β-unsaturated/α-hetero) is 1. The average molecular weight is 213 g/mol. The van der Waals surface area contributed by atoms with Crippen LogP contribution in [0, 0.1) is 5.92 Å². The lowest BCUT2D eigenvalue weighted by Crippen LogP contribution is -2.43. The molecule has 1 saturated heterocycles. The van der Waals surface area contributed by atoms with Crippen molar-refractivity contribution in [3.63, 3.8) is 0 Å². The molecule has 1 aliphatic heterocycles. The van der Waals surface area contributed by atoms with Gasteiger partial charge < -0.3 is 14.4 Å². The summed E-state index contributed by atoms with van der Waals surface area (Å²) in [6.07, 6.45) is 2.05. The van der Waals surface area contributed by atoms with E-state index in [9.17, 15) is 4.79 Å².